The number of rotatable bonds is 2. The number of hydrogen-bond donors (Lipinski definition) is 0. The standard InChI is InChI=1S/C6H11NO4/c1-8-5-4-11-6(7-5,9-2)10-3/h4H2,1-3H3. The molecule has 0 fully saturated rings. The molecule has 0 saturated heterocycles. The van der Waals surface area contributed by atoms with Crippen molar-refractivity contribution in [3.05, 3.63) is 0 Å². The molecule has 64 valence electrons. The van der Waals surface area contributed by atoms with Gasteiger partial charge in [-0.15, -0.1) is 0 Å². The van der Waals surface area contributed by atoms with Crippen molar-refractivity contribution in [2.24, 2.45) is 4.99 Å². The minimum absolute atomic E-state index is 0.276. The van der Waals surface area contributed by atoms with E-state index in [1.807, 2.05) is 0 Å². The highest BCUT2D eigenvalue weighted by Gasteiger charge is 2.37. The minimum Gasteiger partial charge on any atom is -0.482 e. The second kappa shape index (κ2) is 3.17. The summed E-state index contributed by atoms with van der Waals surface area (Å²) in [5.74, 6) is 0.466. The molecule has 0 unspecified atom stereocenters. The molecular formula is C6H11NO4. The fraction of sp³-hybridized carbons (Fsp3) is 0.833. The van der Waals surface area contributed by atoms with Gasteiger partial charge < -0.3 is 14.2 Å². The molecule has 0 atom stereocenters. The molecule has 0 aromatic heterocycles. The molecule has 0 aromatic rings. The third-order valence-corrected chi connectivity index (χ3v) is 1.39. The number of nitrogens with zero attached hydrogens (tertiary/aromatic N) is 1. The van der Waals surface area contributed by atoms with Gasteiger partial charge in [0.2, 0.25) is 5.90 Å². The molecule has 5 heteroatoms. The van der Waals surface area contributed by atoms with E-state index in [4.69, 9.17) is 18.9 Å². The van der Waals surface area contributed by atoms with Gasteiger partial charge in [-0.25, -0.2) is 0 Å². The summed E-state index contributed by atoms with van der Waals surface area (Å²) < 4.78 is 19.6. The topological polar surface area (TPSA) is 49.3 Å². The predicted molar refractivity (Wildman–Crippen MR) is 37.1 cm³/mol. The molecule has 1 rings (SSSR count). The molecule has 5 nitrogen and oxygen atoms in total. The molecule has 0 spiro atoms. The van der Waals surface area contributed by atoms with Crippen LogP contribution in [0.5, 0.6) is 0 Å². The van der Waals surface area contributed by atoms with E-state index in [0.29, 0.717) is 5.90 Å². The molecular weight excluding hydrogens is 150 g/mol. The summed E-state index contributed by atoms with van der Waals surface area (Å²) in [7, 11) is 4.42. The van der Waals surface area contributed by atoms with Crippen LogP contribution < -0.4 is 0 Å². The van der Waals surface area contributed by atoms with Gasteiger partial charge in [-0.3, -0.25) is 4.74 Å². The molecule has 0 saturated carbocycles. The van der Waals surface area contributed by atoms with Gasteiger partial charge in [-0.2, -0.15) is 4.99 Å². The van der Waals surface area contributed by atoms with E-state index in [1.165, 1.54) is 21.3 Å². The Balaban J connectivity index is 2.67. The maximum absolute atomic E-state index is 5.07. The summed E-state index contributed by atoms with van der Waals surface area (Å²) in [6.07, 6.45) is -1.29. The molecule has 0 bridgehead atoms. The second-order valence-corrected chi connectivity index (χ2v) is 1.93. The first-order valence-electron chi connectivity index (χ1n) is 3.13. The zero-order chi connectivity index (χ0) is 8.32. The average molecular weight is 161 g/mol. The maximum atomic E-state index is 5.07. The Hall–Kier alpha value is -0.650. The van der Waals surface area contributed by atoms with Gasteiger partial charge in [0.1, 0.15) is 6.61 Å². The van der Waals surface area contributed by atoms with E-state index >= 15 is 0 Å². The molecule has 1 aliphatic heterocycles. The van der Waals surface area contributed by atoms with Gasteiger partial charge in [0.05, 0.1) is 7.11 Å². The van der Waals surface area contributed by atoms with Gasteiger partial charge in [0.15, 0.2) is 0 Å². The highest BCUT2D eigenvalue weighted by atomic mass is 16.9. The fourth-order valence-corrected chi connectivity index (χ4v) is 0.767. The molecule has 0 amide bonds. The highest BCUT2D eigenvalue weighted by molar-refractivity contribution is 5.78. The van der Waals surface area contributed by atoms with Crippen molar-refractivity contribution in [3.63, 3.8) is 0 Å². The van der Waals surface area contributed by atoms with Crippen LogP contribution >= 0.6 is 0 Å². The molecule has 0 N–H and O–H groups in total. The van der Waals surface area contributed by atoms with Crippen LogP contribution in [-0.2, 0) is 18.9 Å². The van der Waals surface area contributed by atoms with Crippen molar-refractivity contribution in [2.45, 2.75) is 6.10 Å². The number of hydrogen-bond acceptors (Lipinski definition) is 5. The largest absolute Gasteiger partial charge is 0.482 e. The Morgan fingerprint density at radius 3 is 2.27 bits per heavy atom. The van der Waals surface area contributed by atoms with E-state index in [1.54, 1.807) is 0 Å². The number of methoxy groups -OCH3 is 3. The third-order valence-electron chi connectivity index (χ3n) is 1.39. The zero-order valence-electron chi connectivity index (χ0n) is 6.79. The van der Waals surface area contributed by atoms with Crippen molar-refractivity contribution < 1.29 is 18.9 Å². The fourth-order valence-electron chi connectivity index (χ4n) is 0.767. The normalized spacial score (nSPS) is 21.5. The molecule has 0 aliphatic carbocycles. The molecule has 1 heterocycles. The SMILES string of the molecule is COC1=NC(OC)(OC)OC1. The van der Waals surface area contributed by atoms with E-state index in [-0.39, 0.29) is 6.61 Å². The highest BCUT2D eigenvalue weighted by Crippen LogP contribution is 2.20. The molecule has 1 aliphatic rings. The Morgan fingerprint density at radius 2 is 2.00 bits per heavy atom. The quantitative estimate of drug-likeness (QED) is 0.533. The van der Waals surface area contributed by atoms with Crippen LogP contribution in [0.2, 0.25) is 0 Å². The minimum atomic E-state index is -1.29. The van der Waals surface area contributed by atoms with Crippen molar-refractivity contribution >= 4 is 5.90 Å². The molecule has 0 aromatic carbocycles. The maximum Gasteiger partial charge on any atom is 0.398 e. The lowest BCUT2D eigenvalue weighted by Crippen LogP contribution is -2.31. The van der Waals surface area contributed by atoms with E-state index in [9.17, 15) is 0 Å². The van der Waals surface area contributed by atoms with Crippen molar-refractivity contribution in [2.75, 3.05) is 27.9 Å². The summed E-state index contributed by atoms with van der Waals surface area (Å²) in [6.45, 7) is 0.276. The lowest BCUT2D eigenvalue weighted by molar-refractivity contribution is -0.342. The van der Waals surface area contributed by atoms with Crippen LogP contribution in [-0.4, -0.2) is 39.9 Å². The monoisotopic (exact) mass is 161 g/mol. The van der Waals surface area contributed by atoms with E-state index in [0.717, 1.165) is 0 Å². The first-order valence-corrected chi connectivity index (χ1v) is 3.13. The summed E-state index contributed by atoms with van der Waals surface area (Å²) >= 11 is 0. The Kier molecular flexibility index (Phi) is 2.43. The van der Waals surface area contributed by atoms with Crippen molar-refractivity contribution in [3.8, 4) is 0 Å². The number of ether oxygens (including phenoxy) is 4. The lowest BCUT2D eigenvalue weighted by Gasteiger charge is -2.19. The summed E-state index contributed by atoms with van der Waals surface area (Å²) in [5, 5.41) is 0. The average Bonchev–Trinajstić information content (AvgIpc) is 2.49. The van der Waals surface area contributed by atoms with Crippen LogP contribution in [0.4, 0.5) is 0 Å². The van der Waals surface area contributed by atoms with Crippen molar-refractivity contribution in [1.82, 2.24) is 0 Å². The van der Waals surface area contributed by atoms with Crippen molar-refractivity contribution in [1.29, 1.82) is 0 Å². The van der Waals surface area contributed by atoms with E-state index < -0.39 is 6.10 Å². The van der Waals surface area contributed by atoms with Gasteiger partial charge in [0, 0.05) is 14.2 Å². The first-order chi connectivity index (χ1) is 5.26. The summed E-state index contributed by atoms with van der Waals surface area (Å²) in [6, 6.07) is 0. The van der Waals surface area contributed by atoms with Gasteiger partial charge in [0.25, 0.3) is 0 Å². The first kappa shape index (κ1) is 8.45. The predicted octanol–water partition coefficient (Wildman–Crippen LogP) is -0.0344. The smallest absolute Gasteiger partial charge is 0.398 e. The van der Waals surface area contributed by atoms with Crippen LogP contribution in [0.1, 0.15) is 0 Å². The van der Waals surface area contributed by atoms with Crippen LogP contribution in [0.15, 0.2) is 4.99 Å². The zero-order valence-corrected chi connectivity index (χ0v) is 6.79. The Morgan fingerprint density at radius 1 is 1.36 bits per heavy atom. The summed E-state index contributed by atoms with van der Waals surface area (Å²) in [5.41, 5.74) is 0. The molecule has 0 radical (unpaired) electrons. The Labute approximate surface area is 64.9 Å². The van der Waals surface area contributed by atoms with Gasteiger partial charge >= 0.3 is 6.10 Å². The summed E-state index contributed by atoms with van der Waals surface area (Å²) in [4.78, 5) is 3.90. The lowest BCUT2D eigenvalue weighted by atomic mass is 10.7. The van der Waals surface area contributed by atoms with Gasteiger partial charge in [-0.1, -0.05) is 0 Å². The molecule has 11 heavy (non-hydrogen) atoms. The van der Waals surface area contributed by atoms with Crippen LogP contribution in [0.25, 0.3) is 0 Å². The van der Waals surface area contributed by atoms with Crippen LogP contribution in [0, 0.1) is 0 Å². The van der Waals surface area contributed by atoms with Crippen LogP contribution in [0.3, 0.4) is 0 Å². The van der Waals surface area contributed by atoms with Gasteiger partial charge in [-0.05, 0) is 0 Å². The number of aliphatic imine (C=N–C) groups is 1. The Bertz CT molecular complexity index is 164. The second-order valence-electron chi connectivity index (χ2n) is 1.93. The van der Waals surface area contributed by atoms with E-state index in [2.05, 4.69) is 4.99 Å². The third kappa shape index (κ3) is 1.50.